The van der Waals surface area contributed by atoms with Crippen LogP contribution < -0.4 is 11.3 Å². The van der Waals surface area contributed by atoms with E-state index < -0.39 is 0 Å². The van der Waals surface area contributed by atoms with Gasteiger partial charge in [-0.3, -0.25) is 4.79 Å². The van der Waals surface area contributed by atoms with E-state index >= 15 is 0 Å². The van der Waals surface area contributed by atoms with Gasteiger partial charge < -0.3 is 10.7 Å². The third-order valence-electron chi connectivity index (χ3n) is 2.86. The number of fused-ring (bicyclic) bond motifs is 1. The first-order valence-electron chi connectivity index (χ1n) is 6.31. The van der Waals surface area contributed by atoms with E-state index in [1.54, 1.807) is 18.2 Å². The summed E-state index contributed by atoms with van der Waals surface area (Å²) in [6.07, 6.45) is 0. The lowest BCUT2D eigenvalue weighted by molar-refractivity contribution is 0.888. The number of hydrogen-bond acceptors (Lipinski definition) is 6. The van der Waals surface area contributed by atoms with Gasteiger partial charge >= 0.3 is 0 Å². The Labute approximate surface area is 124 Å². The average Bonchev–Trinajstić information content (AvgIpc) is 2.38. The SMILES string of the molecule is Cc1cc(C)nc(Sc2nc3ccc(N)cc3c(=O)[nH]2)n1. The smallest absolute Gasteiger partial charge is 0.259 e. The first-order chi connectivity index (χ1) is 10.0. The second-order valence-corrected chi connectivity index (χ2v) is 5.64. The van der Waals surface area contributed by atoms with E-state index in [0.717, 1.165) is 11.4 Å². The van der Waals surface area contributed by atoms with Gasteiger partial charge in [0.25, 0.3) is 5.56 Å². The number of nitrogens with one attached hydrogen (secondary N) is 1. The van der Waals surface area contributed by atoms with Gasteiger partial charge in [-0.1, -0.05) is 0 Å². The minimum atomic E-state index is -0.223. The minimum absolute atomic E-state index is 0.223. The van der Waals surface area contributed by atoms with E-state index in [4.69, 9.17) is 5.73 Å². The molecule has 0 amide bonds. The van der Waals surface area contributed by atoms with Crippen molar-refractivity contribution >= 4 is 28.4 Å². The Morgan fingerprint density at radius 2 is 1.81 bits per heavy atom. The van der Waals surface area contributed by atoms with Crippen LogP contribution in [-0.2, 0) is 0 Å². The first kappa shape index (κ1) is 13.6. The molecule has 0 aliphatic rings. The molecule has 7 heteroatoms. The number of aromatic nitrogens is 4. The monoisotopic (exact) mass is 299 g/mol. The molecule has 3 rings (SSSR count). The van der Waals surface area contributed by atoms with Crippen LogP contribution >= 0.6 is 11.8 Å². The molecule has 21 heavy (non-hydrogen) atoms. The molecular formula is C14H13N5OS. The Hall–Kier alpha value is -2.41. The summed E-state index contributed by atoms with van der Waals surface area (Å²) >= 11 is 1.23. The molecule has 3 aromatic rings. The number of benzene rings is 1. The topological polar surface area (TPSA) is 97.5 Å². The highest BCUT2D eigenvalue weighted by Crippen LogP contribution is 2.22. The third-order valence-corrected chi connectivity index (χ3v) is 3.61. The predicted octanol–water partition coefficient (Wildman–Crippen LogP) is 2.06. The lowest BCUT2D eigenvalue weighted by atomic mass is 10.2. The van der Waals surface area contributed by atoms with Crippen LogP contribution in [0.3, 0.4) is 0 Å². The Balaban J connectivity index is 2.05. The zero-order valence-electron chi connectivity index (χ0n) is 11.5. The lowest BCUT2D eigenvalue weighted by Crippen LogP contribution is -2.09. The molecule has 3 N–H and O–H groups in total. The minimum Gasteiger partial charge on any atom is -0.399 e. The van der Waals surface area contributed by atoms with Crippen molar-refractivity contribution in [1.82, 2.24) is 19.9 Å². The highest BCUT2D eigenvalue weighted by molar-refractivity contribution is 7.99. The van der Waals surface area contributed by atoms with E-state index in [-0.39, 0.29) is 5.56 Å². The molecule has 0 saturated heterocycles. The van der Waals surface area contributed by atoms with Gasteiger partial charge in [0.15, 0.2) is 10.3 Å². The Kier molecular flexibility index (Phi) is 3.34. The Bertz CT molecular complexity index is 870. The number of hydrogen-bond donors (Lipinski definition) is 2. The molecule has 0 fully saturated rings. The molecule has 0 bridgehead atoms. The number of nitrogens with two attached hydrogens (primary N) is 1. The number of anilines is 1. The molecule has 6 nitrogen and oxygen atoms in total. The molecule has 0 unspecified atom stereocenters. The van der Waals surface area contributed by atoms with E-state index in [2.05, 4.69) is 19.9 Å². The number of aryl methyl sites for hydroxylation is 2. The fraction of sp³-hybridized carbons (Fsp3) is 0.143. The molecule has 0 radical (unpaired) electrons. The van der Waals surface area contributed by atoms with Crippen molar-refractivity contribution in [2.75, 3.05) is 5.73 Å². The summed E-state index contributed by atoms with van der Waals surface area (Å²) in [5.74, 6) is 0. The van der Waals surface area contributed by atoms with Gasteiger partial charge in [-0.25, -0.2) is 15.0 Å². The standard InChI is InChI=1S/C14H13N5OS/c1-7-5-8(2)17-13(16-7)21-14-18-11-4-3-9(15)6-10(11)12(20)19-14/h3-6H,15H2,1-2H3,(H,18,19,20). The average molecular weight is 299 g/mol. The summed E-state index contributed by atoms with van der Waals surface area (Å²) in [5, 5.41) is 1.49. The highest BCUT2D eigenvalue weighted by atomic mass is 32.2. The quantitative estimate of drug-likeness (QED) is 0.555. The van der Waals surface area contributed by atoms with Crippen LogP contribution in [0.1, 0.15) is 11.4 Å². The fourth-order valence-electron chi connectivity index (χ4n) is 2.01. The van der Waals surface area contributed by atoms with Crippen molar-refractivity contribution in [1.29, 1.82) is 0 Å². The second-order valence-electron chi connectivity index (χ2n) is 4.68. The van der Waals surface area contributed by atoms with Crippen molar-refractivity contribution < 1.29 is 0 Å². The molecular weight excluding hydrogens is 286 g/mol. The van der Waals surface area contributed by atoms with E-state index in [0.29, 0.717) is 26.9 Å². The molecule has 0 spiro atoms. The van der Waals surface area contributed by atoms with E-state index in [9.17, 15) is 4.79 Å². The lowest BCUT2D eigenvalue weighted by Gasteiger charge is -2.04. The van der Waals surface area contributed by atoms with Crippen LogP contribution in [0.5, 0.6) is 0 Å². The molecule has 1 aromatic carbocycles. The summed E-state index contributed by atoms with van der Waals surface area (Å²) < 4.78 is 0. The number of rotatable bonds is 2. The molecule has 0 saturated carbocycles. The van der Waals surface area contributed by atoms with Crippen LogP contribution in [0.25, 0.3) is 10.9 Å². The highest BCUT2D eigenvalue weighted by Gasteiger charge is 2.08. The van der Waals surface area contributed by atoms with Crippen LogP contribution in [0.4, 0.5) is 5.69 Å². The van der Waals surface area contributed by atoms with Gasteiger partial charge in [0, 0.05) is 17.1 Å². The molecule has 0 aliphatic heterocycles. The number of nitrogen functional groups attached to an aromatic ring is 1. The first-order valence-corrected chi connectivity index (χ1v) is 7.12. The second kappa shape index (κ2) is 5.17. The van der Waals surface area contributed by atoms with Gasteiger partial charge in [0.05, 0.1) is 10.9 Å². The Morgan fingerprint density at radius 1 is 1.10 bits per heavy atom. The van der Waals surface area contributed by atoms with Gasteiger partial charge in [-0.2, -0.15) is 0 Å². The maximum absolute atomic E-state index is 12.1. The number of H-pyrrole nitrogens is 1. The fourth-order valence-corrected chi connectivity index (χ4v) is 2.85. The van der Waals surface area contributed by atoms with Crippen molar-refractivity contribution in [3.05, 3.63) is 46.0 Å². The summed E-state index contributed by atoms with van der Waals surface area (Å²) in [5.41, 5.74) is 8.34. The molecule has 2 heterocycles. The molecule has 0 atom stereocenters. The van der Waals surface area contributed by atoms with Gasteiger partial charge in [-0.05, 0) is 49.9 Å². The van der Waals surface area contributed by atoms with Crippen LogP contribution in [0, 0.1) is 13.8 Å². The van der Waals surface area contributed by atoms with E-state index in [1.165, 1.54) is 11.8 Å². The summed E-state index contributed by atoms with van der Waals surface area (Å²) in [4.78, 5) is 27.8. The molecule has 2 aromatic heterocycles. The number of aromatic amines is 1. The van der Waals surface area contributed by atoms with Crippen molar-refractivity contribution in [2.24, 2.45) is 0 Å². The van der Waals surface area contributed by atoms with E-state index in [1.807, 2.05) is 19.9 Å². The number of nitrogens with zero attached hydrogens (tertiary/aromatic N) is 3. The third kappa shape index (κ3) is 2.87. The zero-order valence-corrected chi connectivity index (χ0v) is 12.4. The normalized spacial score (nSPS) is 11.0. The summed E-state index contributed by atoms with van der Waals surface area (Å²) in [6, 6.07) is 6.95. The maximum atomic E-state index is 12.1. The summed E-state index contributed by atoms with van der Waals surface area (Å²) in [7, 11) is 0. The maximum Gasteiger partial charge on any atom is 0.259 e. The van der Waals surface area contributed by atoms with Crippen molar-refractivity contribution in [3.63, 3.8) is 0 Å². The van der Waals surface area contributed by atoms with Gasteiger partial charge in [-0.15, -0.1) is 0 Å². The van der Waals surface area contributed by atoms with Crippen LogP contribution in [0.15, 0.2) is 39.4 Å². The van der Waals surface area contributed by atoms with Gasteiger partial charge in [0.2, 0.25) is 0 Å². The zero-order chi connectivity index (χ0) is 15.0. The van der Waals surface area contributed by atoms with Crippen molar-refractivity contribution in [2.45, 2.75) is 24.2 Å². The Morgan fingerprint density at radius 3 is 2.52 bits per heavy atom. The van der Waals surface area contributed by atoms with Gasteiger partial charge in [0.1, 0.15) is 0 Å². The largest absolute Gasteiger partial charge is 0.399 e. The summed E-state index contributed by atoms with van der Waals surface area (Å²) in [6.45, 7) is 3.80. The van der Waals surface area contributed by atoms with Crippen molar-refractivity contribution in [3.8, 4) is 0 Å². The molecule has 0 aliphatic carbocycles. The van der Waals surface area contributed by atoms with Crippen LogP contribution in [0.2, 0.25) is 0 Å². The van der Waals surface area contributed by atoms with Crippen LogP contribution in [-0.4, -0.2) is 19.9 Å². The molecule has 106 valence electrons. The predicted molar refractivity (Wildman–Crippen MR) is 82.4 cm³/mol.